The normalized spacial score (nSPS) is 22.2. The van der Waals surface area contributed by atoms with Gasteiger partial charge in [0.05, 0.1) is 10.6 Å². The van der Waals surface area contributed by atoms with E-state index in [0.29, 0.717) is 5.92 Å². The monoisotopic (exact) mass is 519 g/mol. The quantitative estimate of drug-likeness (QED) is 0.254. The zero-order chi connectivity index (χ0) is 26.2. The molecule has 0 unspecified atom stereocenters. The van der Waals surface area contributed by atoms with Crippen LogP contribution in [0.4, 0.5) is 5.69 Å². The van der Waals surface area contributed by atoms with Crippen LogP contribution >= 0.6 is 11.8 Å². The van der Waals surface area contributed by atoms with Gasteiger partial charge in [-0.1, -0.05) is 68.3 Å². The fraction of sp³-hybridized carbons (Fsp3) is 0.273. The summed E-state index contributed by atoms with van der Waals surface area (Å²) in [6.07, 6.45) is 6.66. The van der Waals surface area contributed by atoms with E-state index in [0.717, 1.165) is 57.7 Å². The molecule has 2 atom stereocenters. The van der Waals surface area contributed by atoms with Crippen molar-refractivity contribution in [1.29, 1.82) is 0 Å². The Balaban J connectivity index is 1.39. The number of nitrogens with zero attached hydrogens (tertiary/aromatic N) is 3. The van der Waals surface area contributed by atoms with E-state index in [2.05, 4.69) is 79.9 Å². The van der Waals surface area contributed by atoms with Crippen molar-refractivity contribution in [3.8, 4) is 5.69 Å². The molecule has 1 aliphatic heterocycles. The molecule has 0 radical (unpaired) electrons. The molecule has 4 nitrogen and oxygen atoms in total. The number of aryl methyl sites for hydroxylation is 1. The Morgan fingerprint density at radius 1 is 0.895 bits per heavy atom. The van der Waals surface area contributed by atoms with Crippen LogP contribution in [0.25, 0.3) is 22.5 Å². The summed E-state index contributed by atoms with van der Waals surface area (Å²) >= 11 is 1.51. The first kappa shape index (κ1) is 24.7. The van der Waals surface area contributed by atoms with E-state index >= 15 is 0 Å². The molecule has 1 saturated carbocycles. The van der Waals surface area contributed by atoms with Gasteiger partial charge in [-0.3, -0.25) is 9.69 Å². The summed E-state index contributed by atoms with van der Waals surface area (Å²) < 4.78 is 2.28. The molecule has 2 heterocycles. The molecule has 0 N–H and O–H groups in total. The fourth-order valence-electron chi connectivity index (χ4n) is 5.94. The van der Waals surface area contributed by atoms with E-state index in [1.807, 2.05) is 35.2 Å². The van der Waals surface area contributed by atoms with Gasteiger partial charge in [0.2, 0.25) is 0 Å². The number of thioether (sulfide) groups is 1. The molecule has 1 amide bonds. The number of aromatic nitrogens is 1. The Hall–Kier alpha value is -3.57. The summed E-state index contributed by atoms with van der Waals surface area (Å²) in [5, 5.41) is 3.25. The van der Waals surface area contributed by atoms with Gasteiger partial charge >= 0.3 is 0 Å². The van der Waals surface area contributed by atoms with E-state index in [-0.39, 0.29) is 11.9 Å². The molecule has 2 aliphatic rings. The highest BCUT2D eigenvalue weighted by molar-refractivity contribution is 8.18. The van der Waals surface area contributed by atoms with Crippen LogP contribution in [0, 0.1) is 19.8 Å². The number of carbonyl (C=O) groups excluding carboxylic acids is 1. The van der Waals surface area contributed by atoms with Crippen molar-refractivity contribution in [2.75, 3.05) is 0 Å². The molecule has 1 saturated heterocycles. The van der Waals surface area contributed by atoms with Crippen LogP contribution in [0.15, 0.2) is 88.8 Å². The van der Waals surface area contributed by atoms with Crippen LogP contribution in [0.1, 0.15) is 49.6 Å². The Bertz CT molecular complexity index is 1570. The van der Waals surface area contributed by atoms with Crippen molar-refractivity contribution in [3.05, 3.63) is 101 Å². The number of rotatable bonds is 4. The van der Waals surface area contributed by atoms with Gasteiger partial charge in [-0.25, -0.2) is 4.99 Å². The standard InChI is InChI=1S/C33H33N3OS/c1-22-11-7-10-16-30(22)36-32(37)31(38-33(36)34-28-14-5-4-6-15-28)21-27-19-23(2)35(24(27)3)29-18-17-25-12-8-9-13-26(25)20-29/h4-6,8-9,12-15,17-22,30H,7,10-11,16H2,1-3H3/b31-21-,34-33?/t22-,30-/m1/s1. The second-order valence-corrected chi connectivity index (χ2v) is 11.5. The number of para-hydroxylation sites is 1. The van der Waals surface area contributed by atoms with Gasteiger partial charge in [-0.05, 0) is 97.1 Å². The molecular weight excluding hydrogens is 486 g/mol. The second-order valence-electron chi connectivity index (χ2n) is 10.5. The van der Waals surface area contributed by atoms with E-state index in [9.17, 15) is 4.79 Å². The minimum Gasteiger partial charge on any atom is -0.318 e. The number of amides is 1. The molecule has 6 rings (SSSR count). The lowest BCUT2D eigenvalue weighted by Gasteiger charge is -2.35. The van der Waals surface area contributed by atoms with E-state index in [1.165, 1.54) is 29.0 Å². The number of hydrogen-bond donors (Lipinski definition) is 0. The van der Waals surface area contributed by atoms with Gasteiger partial charge in [0.25, 0.3) is 5.91 Å². The van der Waals surface area contributed by atoms with E-state index < -0.39 is 0 Å². The summed E-state index contributed by atoms with van der Waals surface area (Å²) in [6, 6.07) is 27.4. The lowest BCUT2D eigenvalue weighted by molar-refractivity contribution is -0.124. The molecular formula is C33H33N3OS. The van der Waals surface area contributed by atoms with Crippen molar-refractivity contribution >= 4 is 45.4 Å². The molecule has 3 aromatic carbocycles. The lowest BCUT2D eigenvalue weighted by Crippen LogP contribution is -2.44. The first-order valence-corrected chi connectivity index (χ1v) is 14.4. The number of aliphatic imine (C=N–C) groups is 1. The molecule has 192 valence electrons. The van der Waals surface area contributed by atoms with Gasteiger partial charge in [0, 0.05) is 23.1 Å². The average molecular weight is 520 g/mol. The van der Waals surface area contributed by atoms with Gasteiger partial charge in [0.1, 0.15) is 0 Å². The smallest absolute Gasteiger partial charge is 0.267 e. The molecule has 4 aromatic rings. The molecule has 1 aliphatic carbocycles. The highest BCUT2D eigenvalue weighted by Gasteiger charge is 2.41. The molecule has 0 spiro atoms. The Kier molecular flexibility index (Phi) is 6.71. The third-order valence-electron chi connectivity index (χ3n) is 7.96. The topological polar surface area (TPSA) is 37.6 Å². The maximum Gasteiger partial charge on any atom is 0.267 e. The van der Waals surface area contributed by atoms with Gasteiger partial charge < -0.3 is 4.57 Å². The van der Waals surface area contributed by atoms with Crippen molar-refractivity contribution in [2.24, 2.45) is 10.9 Å². The van der Waals surface area contributed by atoms with Crippen LogP contribution in [0.5, 0.6) is 0 Å². The summed E-state index contributed by atoms with van der Waals surface area (Å²) in [6.45, 7) is 6.55. The van der Waals surface area contributed by atoms with Crippen molar-refractivity contribution in [1.82, 2.24) is 9.47 Å². The third kappa shape index (κ3) is 4.60. The maximum absolute atomic E-state index is 13.9. The highest BCUT2D eigenvalue weighted by Crippen LogP contribution is 2.40. The number of fused-ring (bicyclic) bond motifs is 1. The molecule has 2 fully saturated rings. The van der Waals surface area contributed by atoms with E-state index in [4.69, 9.17) is 4.99 Å². The highest BCUT2D eigenvalue weighted by atomic mass is 32.2. The molecule has 0 bridgehead atoms. The molecule has 1 aromatic heterocycles. The van der Waals surface area contributed by atoms with Crippen molar-refractivity contribution in [3.63, 3.8) is 0 Å². The third-order valence-corrected chi connectivity index (χ3v) is 8.95. The van der Waals surface area contributed by atoms with Crippen molar-refractivity contribution < 1.29 is 4.79 Å². The fourth-order valence-corrected chi connectivity index (χ4v) is 6.97. The number of hydrogen-bond acceptors (Lipinski definition) is 3. The number of carbonyl (C=O) groups is 1. The minimum atomic E-state index is 0.0824. The summed E-state index contributed by atoms with van der Waals surface area (Å²) in [7, 11) is 0. The average Bonchev–Trinajstić information content (AvgIpc) is 3.38. The summed E-state index contributed by atoms with van der Waals surface area (Å²) in [5.41, 5.74) is 5.37. The van der Waals surface area contributed by atoms with E-state index in [1.54, 1.807) is 0 Å². The lowest BCUT2D eigenvalue weighted by atomic mass is 9.85. The van der Waals surface area contributed by atoms with Crippen LogP contribution < -0.4 is 0 Å². The SMILES string of the molecule is Cc1cc(/C=C2\SC(=Nc3ccccc3)N([C@@H]3CCCC[C@H]3C)C2=O)c(C)n1-c1ccc2ccccc2c1. The first-order valence-electron chi connectivity index (χ1n) is 13.5. The largest absolute Gasteiger partial charge is 0.318 e. The van der Waals surface area contributed by atoms with Gasteiger partial charge in [-0.15, -0.1) is 0 Å². The Morgan fingerprint density at radius 2 is 1.63 bits per heavy atom. The molecule has 5 heteroatoms. The van der Waals surface area contributed by atoms with Crippen LogP contribution in [-0.4, -0.2) is 26.6 Å². The molecule has 38 heavy (non-hydrogen) atoms. The maximum atomic E-state index is 13.9. The zero-order valence-electron chi connectivity index (χ0n) is 22.2. The number of amidine groups is 1. The Morgan fingerprint density at radius 3 is 2.42 bits per heavy atom. The van der Waals surface area contributed by atoms with Gasteiger partial charge in [0.15, 0.2) is 5.17 Å². The van der Waals surface area contributed by atoms with Crippen molar-refractivity contribution in [2.45, 2.75) is 52.5 Å². The zero-order valence-corrected chi connectivity index (χ0v) is 23.0. The van der Waals surface area contributed by atoms with Gasteiger partial charge in [-0.2, -0.15) is 0 Å². The minimum absolute atomic E-state index is 0.0824. The van der Waals surface area contributed by atoms with Crippen LogP contribution in [0.2, 0.25) is 0 Å². The number of benzene rings is 3. The van der Waals surface area contributed by atoms with Crippen LogP contribution in [0.3, 0.4) is 0 Å². The predicted molar refractivity (Wildman–Crippen MR) is 160 cm³/mol. The predicted octanol–water partition coefficient (Wildman–Crippen LogP) is 8.43. The first-order chi connectivity index (χ1) is 18.5. The Labute approximate surface area is 229 Å². The summed E-state index contributed by atoms with van der Waals surface area (Å²) in [5.74, 6) is 0.547. The van der Waals surface area contributed by atoms with Crippen LogP contribution in [-0.2, 0) is 4.79 Å². The second kappa shape index (κ2) is 10.3. The summed E-state index contributed by atoms with van der Waals surface area (Å²) in [4.78, 5) is 21.6.